The van der Waals surface area contributed by atoms with Crippen molar-refractivity contribution in [3.63, 3.8) is 0 Å². The van der Waals surface area contributed by atoms with Gasteiger partial charge in [0.05, 0.1) is 12.7 Å². The summed E-state index contributed by atoms with van der Waals surface area (Å²) < 4.78 is 50.0. The molecular weight excluding hydrogens is 559 g/mol. The Morgan fingerprint density at radius 1 is 1.10 bits per heavy atom. The lowest BCUT2D eigenvalue weighted by atomic mass is 9.78. The Bertz CT molecular complexity index is 1540. The third kappa shape index (κ3) is 6.75. The van der Waals surface area contributed by atoms with Crippen molar-refractivity contribution in [1.29, 1.82) is 0 Å². The van der Waals surface area contributed by atoms with Crippen molar-refractivity contribution in [1.82, 2.24) is 14.5 Å². The number of fused-ring (bicyclic) bond motifs is 1. The van der Waals surface area contributed by atoms with Gasteiger partial charge in [0.15, 0.2) is 0 Å². The lowest BCUT2D eigenvalue weighted by Gasteiger charge is -2.44. The van der Waals surface area contributed by atoms with Gasteiger partial charge in [-0.15, -0.1) is 0 Å². The molecule has 2 aliphatic rings. The minimum absolute atomic E-state index is 0.0751. The summed E-state index contributed by atoms with van der Waals surface area (Å²) in [6.07, 6.45) is 0.299. The van der Waals surface area contributed by atoms with E-state index in [1.807, 2.05) is 43.1 Å². The van der Waals surface area contributed by atoms with E-state index < -0.39 is 27.4 Å². The van der Waals surface area contributed by atoms with Crippen LogP contribution in [0, 0.1) is 18.2 Å². The summed E-state index contributed by atoms with van der Waals surface area (Å²) in [6.45, 7) is 3.77. The van der Waals surface area contributed by atoms with Crippen LogP contribution in [0.25, 0.3) is 11.1 Å². The van der Waals surface area contributed by atoms with E-state index in [1.54, 1.807) is 35.2 Å². The zero-order valence-electron chi connectivity index (χ0n) is 23.8. The van der Waals surface area contributed by atoms with E-state index in [1.165, 1.54) is 12.1 Å². The van der Waals surface area contributed by atoms with E-state index in [-0.39, 0.29) is 36.4 Å². The minimum Gasteiger partial charge on any atom is -0.492 e. The minimum atomic E-state index is -4.03. The lowest BCUT2D eigenvalue weighted by molar-refractivity contribution is 0.0256. The standard InChI is InChI=1S/C31H37FN4O5S/c1-22-7-3-6-10-27(22)34-30(38)36-15-13-31(14-16-36)20-35(2)19-24(37)18-33-42(39,40)29-12-11-23(17-28(29)41-21-31)25-8-4-5-9-26(25)32/h3-12,17,24,33,37H,13-16,18-21H2,1-2H3,(H,34,38). The first-order chi connectivity index (χ1) is 20.1. The van der Waals surface area contributed by atoms with Crippen LogP contribution in [0.1, 0.15) is 18.4 Å². The van der Waals surface area contributed by atoms with Crippen molar-refractivity contribution in [3.05, 3.63) is 78.1 Å². The predicted octanol–water partition coefficient (Wildman–Crippen LogP) is 4.08. The SMILES string of the molecule is Cc1ccccc1NC(=O)N1CCC2(CC1)COc1cc(-c3ccccc3F)ccc1S(=O)(=O)NCC(O)CN(C)C2. The van der Waals surface area contributed by atoms with Gasteiger partial charge >= 0.3 is 6.03 Å². The van der Waals surface area contributed by atoms with E-state index in [0.29, 0.717) is 43.6 Å². The maximum Gasteiger partial charge on any atom is 0.321 e. The number of rotatable bonds is 2. The number of amides is 2. The molecule has 1 fully saturated rings. The molecule has 5 rings (SSSR count). The van der Waals surface area contributed by atoms with Crippen molar-refractivity contribution in [2.24, 2.45) is 5.41 Å². The molecule has 2 aliphatic heterocycles. The second-order valence-corrected chi connectivity index (χ2v) is 13.1. The first kappa shape index (κ1) is 30.0. The molecule has 0 radical (unpaired) electrons. The van der Waals surface area contributed by atoms with Crippen LogP contribution < -0.4 is 14.8 Å². The molecular formula is C31H37FN4O5S. The van der Waals surface area contributed by atoms with Crippen molar-refractivity contribution in [3.8, 4) is 16.9 Å². The molecule has 0 saturated carbocycles. The maximum absolute atomic E-state index is 14.6. The van der Waals surface area contributed by atoms with Crippen LogP contribution in [0.3, 0.4) is 0 Å². The van der Waals surface area contributed by atoms with Gasteiger partial charge in [0.2, 0.25) is 10.0 Å². The van der Waals surface area contributed by atoms with Gasteiger partial charge in [0.25, 0.3) is 0 Å². The summed E-state index contributed by atoms with van der Waals surface area (Å²) >= 11 is 0. The third-order valence-corrected chi connectivity index (χ3v) is 9.55. The number of para-hydroxylation sites is 1. The molecule has 0 bridgehead atoms. The Morgan fingerprint density at radius 3 is 2.55 bits per heavy atom. The fourth-order valence-electron chi connectivity index (χ4n) is 5.72. The number of β-amino-alcohol motifs (C(OH)–C–C–N with tert-alkyl or cyclic N) is 1. The monoisotopic (exact) mass is 596 g/mol. The van der Waals surface area contributed by atoms with Crippen LogP contribution in [0.5, 0.6) is 5.75 Å². The Kier molecular flexibility index (Phi) is 8.84. The number of likely N-dealkylation sites (N-methyl/N-ethyl adjacent to an activating group) is 1. The highest BCUT2D eigenvalue weighted by molar-refractivity contribution is 7.89. The zero-order chi connectivity index (χ0) is 29.9. The molecule has 1 spiro atoms. The Balaban J connectivity index is 1.42. The van der Waals surface area contributed by atoms with Crippen LogP contribution in [0.15, 0.2) is 71.6 Å². The number of likely N-dealkylation sites (tertiary alicyclic amines) is 1. The number of carbonyl (C=O) groups is 1. The number of hydrogen-bond acceptors (Lipinski definition) is 6. The number of sulfonamides is 1. The Hall–Kier alpha value is -3.51. The van der Waals surface area contributed by atoms with Gasteiger partial charge < -0.3 is 25.0 Å². The number of nitrogens with one attached hydrogen (secondary N) is 2. The van der Waals surface area contributed by atoms with Crippen molar-refractivity contribution < 1.29 is 27.4 Å². The van der Waals surface area contributed by atoms with E-state index in [4.69, 9.17) is 4.74 Å². The van der Waals surface area contributed by atoms with Crippen LogP contribution in [0.4, 0.5) is 14.9 Å². The summed E-state index contributed by atoms with van der Waals surface area (Å²) in [5, 5.41) is 13.6. The fourth-order valence-corrected chi connectivity index (χ4v) is 6.92. The zero-order valence-corrected chi connectivity index (χ0v) is 24.7. The molecule has 3 N–H and O–H groups in total. The predicted molar refractivity (Wildman–Crippen MR) is 159 cm³/mol. The summed E-state index contributed by atoms with van der Waals surface area (Å²) in [5.41, 5.74) is 2.14. The molecule has 1 atom stereocenters. The Morgan fingerprint density at radius 2 is 1.81 bits per heavy atom. The number of aryl methyl sites for hydroxylation is 1. The van der Waals surface area contributed by atoms with Gasteiger partial charge in [-0.25, -0.2) is 22.3 Å². The van der Waals surface area contributed by atoms with Crippen LogP contribution >= 0.6 is 0 Å². The number of aliphatic hydroxyl groups excluding tert-OH is 1. The van der Waals surface area contributed by atoms with Gasteiger partial charge in [0.1, 0.15) is 16.5 Å². The molecule has 224 valence electrons. The van der Waals surface area contributed by atoms with Crippen LogP contribution in [-0.2, 0) is 10.0 Å². The first-order valence-corrected chi connectivity index (χ1v) is 15.5. The molecule has 0 aliphatic carbocycles. The van der Waals surface area contributed by atoms with E-state index in [9.17, 15) is 22.7 Å². The Labute approximate surface area is 246 Å². The second kappa shape index (κ2) is 12.4. The number of ether oxygens (including phenoxy) is 1. The van der Waals surface area contributed by atoms with Crippen molar-refractivity contribution in [2.45, 2.75) is 30.8 Å². The molecule has 1 unspecified atom stereocenters. The van der Waals surface area contributed by atoms with Gasteiger partial charge in [0, 0.05) is 49.4 Å². The van der Waals surface area contributed by atoms with Gasteiger partial charge in [-0.1, -0.05) is 42.5 Å². The summed E-state index contributed by atoms with van der Waals surface area (Å²) in [4.78, 5) is 16.8. The van der Waals surface area contributed by atoms with Gasteiger partial charge in [-0.3, -0.25) is 0 Å². The molecule has 11 heteroatoms. The summed E-state index contributed by atoms with van der Waals surface area (Å²) in [6, 6.07) is 18.2. The largest absolute Gasteiger partial charge is 0.492 e. The topological polar surface area (TPSA) is 111 Å². The average molecular weight is 597 g/mol. The number of nitrogens with zero attached hydrogens (tertiary/aromatic N) is 2. The lowest BCUT2D eigenvalue weighted by Crippen LogP contribution is -2.52. The summed E-state index contributed by atoms with van der Waals surface area (Å²) in [7, 11) is -2.15. The summed E-state index contributed by atoms with van der Waals surface area (Å²) in [5.74, 6) is -0.316. The highest BCUT2D eigenvalue weighted by atomic mass is 32.2. The van der Waals surface area contributed by atoms with E-state index in [2.05, 4.69) is 10.0 Å². The van der Waals surface area contributed by atoms with Crippen LogP contribution in [0.2, 0.25) is 0 Å². The second-order valence-electron chi connectivity index (χ2n) is 11.4. The number of aliphatic hydroxyl groups is 1. The number of anilines is 1. The molecule has 1 saturated heterocycles. The maximum atomic E-state index is 14.6. The number of halogens is 1. The van der Waals surface area contributed by atoms with Crippen molar-refractivity contribution >= 4 is 21.7 Å². The van der Waals surface area contributed by atoms with Gasteiger partial charge in [-0.2, -0.15) is 0 Å². The number of benzene rings is 3. The highest BCUT2D eigenvalue weighted by Crippen LogP contribution is 2.37. The molecule has 2 heterocycles. The molecule has 9 nitrogen and oxygen atoms in total. The number of hydrogen-bond donors (Lipinski definition) is 3. The van der Waals surface area contributed by atoms with Gasteiger partial charge in [-0.05, 0) is 62.2 Å². The quantitative estimate of drug-likeness (QED) is 0.411. The smallest absolute Gasteiger partial charge is 0.321 e. The number of urea groups is 1. The molecule has 0 aromatic heterocycles. The van der Waals surface area contributed by atoms with E-state index in [0.717, 1.165) is 11.3 Å². The van der Waals surface area contributed by atoms with Crippen molar-refractivity contribution in [2.75, 3.05) is 51.7 Å². The molecule has 3 aromatic carbocycles. The molecule has 42 heavy (non-hydrogen) atoms. The highest BCUT2D eigenvalue weighted by Gasteiger charge is 2.39. The molecule has 3 aromatic rings. The number of piperidine rings is 1. The third-order valence-electron chi connectivity index (χ3n) is 8.09. The number of carbonyl (C=O) groups excluding carboxylic acids is 1. The fraction of sp³-hybridized carbons (Fsp3) is 0.387. The first-order valence-electron chi connectivity index (χ1n) is 14.0. The van der Waals surface area contributed by atoms with Crippen LogP contribution in [-0.4, -0.2) is 81.8 Å². The normalized spacial score (nSPS) is 21.0. The molecule has 2 amide bonds. The average Bonchev–Trinajstić information content (AvgIpc) is 2.96. The van der Waals surface area contributed by atoms with E-state index >= 15 is 0 Å².